The van der Waals surface area contributed by atoms with E-state index in [9.17, 15) is 4.57 Å². The van der Waals surface area contributed by atoms with E-state index in [0.717, 1.165) is 25.7 Å². The first kappa shape index (κ1) is 20.4. The van der Waals surface area contributed by atoms with Gasteiger partial charge in [0, 0.05) is 0 Å². The van der Waals surface area contributed by atoms with Gasteiger partial charge in [-0.05, 0) is 12.8 Å². The van der Waals surface area contributed by atoms with E-state index in [4.69, 9.17) is 20.9 Å². The van der Waals surface area contributed by atoms with Crippen molar-refractivity contribution in [1.29, 1.82) is 0 Å². The van der Waals surface area contributed by atoms with E-state index in [2.05, 4.69) is 17.9 Å². The minimum Gasteiger partial charge on any atom is -0.286 e. The molecular weight excluding hydrogens is 299 g/mol. The van der Waals surface area contributed by atoms with Gasteiger partial charge in [-0.2, -0.15) is 4.08 Å². The van der Waals surface area contributed by atoms with E-state index in [1.165, 1.54) is 38.5 Å². The number of phosphoric ester groups is 1. The molecular formula is C14H30ClO4P. The lowest BCUT2D eigenvalue weighted by atomic mass is 10.2. The summed E-state index contributed by atoms with van der Waals surface area (Å²) in [7, 11) is -3.55. The van der Waals surface area contributed by atoms with Gasteiger partial charge in [-0.1, -0.05) is 65.2 Å². The largest absolute Gasteiger partial charge is 0.491 e. The summed E-state index contributed by atoms with van der Waals surface area (Å²) in [4.78, 5) is 0. The van der Waals surface area contributed by atoms with Gasteiger partial charge < -0.3 is 0 Å². The molecule has 0 saturated carbocycles. The van der Waals surface area contributed by atoms with Crippen LogP contribution in [0.2, 0.25) is 0 Å². The lowest BCUT2D eigenvalue weighted by molar-refractivity contribution is 0.154. The maximum absolute atomic E-state index is 12.0. The van der Waals surface area contributed by atoms with E-state index in [1.54, 1.807) is 0 Å². The number of hydrogen-bond acceptors (Lipinski definition) is 4. The van der Waals surface area contributed by atoms with Crippen LogP contribution >= 0.6 is 19.7 Å². The highest BCUT2D eigenvalue weighted by Gasteiger charge is 2.26. The van der Waals surface area contributed by atoms with Crippen molar-refractivity contribution in [3.8, 4) is 0 Å². The van der Waals surface area contributed by atoms with Crippen molar-refractivity contribution in [2.24, 2.45) is 0 Å². The second kappa shape index (κ2) is 14.3. The van der Waals surface area contributed by atoms with Crippen molar-refractivity contribution in [3.05, 3.63) is 0 Å². The van der Waals surface area contributed by atoms with E-state index < -0.39 is 7.82 Å². The summed E-state index contributed by atoms with van der Waals surface area (Å²) < 4.78 is 26.7. The Morgan fingerprint density at radius 3 is 1.50 bits per heavy atom. The SMILES string of the molecule is CCCCCCCOP(=O)(OCl)OCCCCCCC. The highest BCUT2D eigenvalue weighted by Crippen LogP contribution is 2.50. The average molecular weight is 329 g/mol. The van der Waals surface area contributed by atoms with Gasteiger partial charge in [0.2, 0.25) is 0 Å². The van der Waals surface area contributed by atoms with Crippen molar-refractivity contribution in [1.82, 2.24) is 0 Å². The summed E-state index contributed by atoms with van der Waals surface area (Å²) >= 11 is 5.22. The number of rotatable bonds is 15. The number of phosphoric acid groups is 1. The van der Waals surface area contributed by atoms with Crippen LogP contribution < -0.4 is 0 Å². The van der Waals surface area contributed by atoms with Gasteiger partial charge >= 0.3 is 7.82 Å². The highest BCUT2D eigenvalue weighted by molar-refractivity contribution is 7.49. The minimum atomic E-state index is -3.55. The lowest BCUT2D eigenvalue weighted by Gasteiger charge is -2.14. The molecule has 0 aliphatic heterocycles. The summed E-state index contributed by atoms with van der Waals surface area (Å²) in [5.74, 6) is 0. The van der Waals surface area contributed by atoms with Crippen molar-refractivity contribution in [3.63, 3.8) is 0 Å². The third kappa shape index (κ3) is 12.2. The van der Waals surface area contributed by atoms with Gasteiger partial charge in [0.05, 0.1) is 25.1 Å². The maximum atomic E-state index is 12.0. The average Bonchev–Trinajstić information content (AvgIpc) is 2.46. The molecule has 0 aromatic rings. The summed E-state index contributed by atoms with van der Waals surface area (Å²) in [5, 5.41) is 0. The first-order chi connectivity index (χ1) is 9.68. The van der Waals surface area contributed by atoms with Crippen LogP contribution in [-0.4, -0.2) is 13.2 Å². The van der Waals surface area contributed by atoms with Gasteiger partial charge in [-0.3, -0.25) is 9.05 Å². The molecule has 0 fully saturated rings. The van der Waals surface area contributed by atoms with E-state index in [1.807, 2.05) is 0 Å². The van der Waals surface area contributed by atoms with Crippen LogP contribution in [0.5, 0.6) is 0 Å². The summed E-state index contributed by atoms with van der Waals surface area (Å²) in [6, 6.07) is 0. The highest BCUT2D eigenvalue weighted by atomic mass is 35.5. The predicted molar refractivity (Wildman–Crippen MR) is 84.0 cm³/mol. The van der Waals surface area contributed by atoms with Crippen LogP contribution in [0.25, 0.3) is 0 Å². The first-order valence-corrected chi connectivity index (χ1v) is 9.65. The lowest BCUT2D eigenvalue weighted by Crippen LogP contribution is -2.00. The number of halogens is 1. The fourth-order valence-corrected chi connectivity index (χ4v) is 2.94. The maximum Gasteiger partial charge on any atom is 0.491 e. The fourth-order valence-electron chi connectivity index (χ4n) is 1.84. The predicted octanol–water partition coefficient (Wildman–Crippen LogP) is 6.24. The molecule has 0 atom stereocenters. The van der Waals surface area contributed by atoms with E-state index in [0.29, 0.717) is 13.2 Å². The first-order valence-electron chi connectivity index (χ1n) is 7.88. The van der Waals surface area contributed by atoms with Gasteiger partial charge in [0.1, 0.15) is 0 Å². The molecule has 0 saturated heterocycles. The van der Waals surface area contributed by atoms with Crippen LogP contribution in [0.3, 0.4) is 0 Å². The third-order valence-electron chi connectivity index (χ3n) is 3.08. The molecule has 20 heavy (non-hydrogen) atoms. The molecule has 122 valence electrons. The number of hydrogen-bond donors (Lipinski definition) is 0. The Morgan fingerprint density at radius 1 is 0.750 bits per heavy atom. The standard InChI is InChI=1S/C14H30ClO4P/c1-3-5-7-9-11-13-17-20(16,19-15)18-14-12-10-8-6-4-2/h3-14H2,1-2H3. The van der Waals surface area contributed by atoms with Crippen molar-refractivity contribution in [2.75, 3.05) is 13.2 Å². The van der Waals surface area contributed by atoms with E-state index in [-0.39, 0.29) is 0 Å². The Balaban J connectivity index is 3.60. The summed E-state index contributed by atoms with van der Waals surface area (Å²) in [5.41, 5.74) is 0. The second-order valence-electron chi connectivity index (χ2n) is 5.01. The van der Waals surface area contributed by atoms with Gasteiger partial charge in [0.25, 0.3) is 0 Å². The van der Waals surface area contributed by atoms with E-state index >= 15 is 0 Å². The quantitative estimate of drug-likeness (QED) is 0.263. The molecule has 0 aliphatic rings. The molecule has 0 N–H and O–H groups in total. The Hall–Kier alpha value is 0.400. The monoisotopic (exact) mass is 328 g/mol. The number of unbranched alkanes of at least 4 members (excludes halogenated alkanes) is 8. The molecule has 0 aromatic heterocycles. The molecule has 0 amide bonds. The topological polar surface area (TPSA) is 44.8 Å². The van der Waals surface area contributed by atoms with Crippen LogP contribution in [0.15, 0.2) is 0 Å². The second-order valence-corrected chi connectivity index (χ2v) is 6.97. The Labute approximate surface area is 129 Å². The Kier molecular flexibility index (Phi) is 14.6. The molecule has 0 bridgehead atoms. The van der Waals surface area contributed by atoms with Crippen LogP contribution in [-0.2, 0) is 17.7 Å². The van der Waals surface area contributed by atoms with Crippen molar-refractivity contribution < 1.29 is 17.7 Å². The minimum absolute atomic E-state index is 0.365. The zero-order valence-corrected chi connectivity index (χ0v) is 14.6. The fraction of sp³-hybridized carbons (Fsp3) is 1.00. The molecule has 0 rings (SSSR count). The molecule has 4 nitrogen and oxygen atoms in total. The molecule has 0 aromatic carbocycles. The zero-order chi connectivity index (χ0) is 15.1. The Morgan fingerprint density at radius 2 is 1.15 bits per heavy atom. The van der Waals surface area contributed by atoms with Crippen LogP contribution in [0.1, 0.15) is 78.1 Å². The summed E-state index contributed by atoms with van der Waals surface area (Å²) in [6.45, 7) is 5.06. The van der Waals surface area contributed by atoms with Crippen molar-refractivity contribution in [2.45, 2.75) is 78.1 Å². The molecule has 0 heterocycles. The molecule has 0 radical (unpaired) electrons. The van der Waals surface area contributed by atoms with Crippen molar-refractivity contribution >= 4 is 19.7 Å². The normalized spacial score (nSPS) is 11.9. The molecule has 0 aliphatic carbocycles. The zero-order valence-electron chi connectivity index (χ0n) is 12.9. The Bertz CT molecular complexity index is 231. The van der Waals surface area contributed by atoms with Crippen LogP contribution in [0, 0.1) is 0 Å². The molecule has 0 spiro atoms. The molecule has 0 unspecified atom stereocenters. The summed E-state index contributed by atoms with van der Waals surface area (Å²) in [6.07, 6.45) is 11.0. The van der Waals surface area contributed by atoms with Gasteiger partial charge in [-0.25, -0.2) is 4.57 Å². The van der Waals surface area contributed by atoms with Crippen LogP contribution in [0.4, 0.5) is 0 Å². The van der Waals surface area contributed by atoms with Gasteiger partial charge in [-0.15, -0.1) is 0 Å². The molecule has 6 heteroatoms. The smallest absolute Gasteiger partial charge is 0.286 e. The third-order valence-corrected chi connectivity index (χ3v) is 4.75. The van der Waals surface area contributed by atoms with Gasteiger partial charge in [0.15, 0.2) is 0 Å².